The molecule has 3 aromatic rings. The summed E-state index contributed by atoms with van der Waals surface area (Å²) in [6.45, 7) is 1.67. The highest BCUT2D eigenvalue weighted by Gasteiger charge is 2.35. The van der Waals surface area contributed by atoms with Crippen molar-refractivity contribution >= 4 is 50.7 Å². The number of ether oxygens (including phenoxy) is 2. The Kier molecular flexibility index (Phi) is 10.4. The number of hydrogen-bond donors (Lipinski definition) is 1. The summed E-state index contributed by atoms with van der Waals surface area (Å²) in [6.07, 6.45) is 4.01. The van der Waals surface area contributed by atoms with Crippen molar-refractivity contribution in [2.45, 2.75) is 62.6 Å². The van der Waals surface area contributed by atoms with Gasteiger partial charge in [0.15, 0.2) is 11.5 Å². The van der Waals surface area contributed by atoms with Crippen LogP contribution in [0.25, 0.3) is 0 Å². The summed E-state index contributed by atoms with van der Waals surface area (Å²) in [4.78, 5) is 29.1. The van der Waals surface area contributed by atoms with Crippen molar-refractivity contribution in [1.82, 2.24) is 10.2 Å². The molecule has 13 heteroatoms. The largest absolute Gasteiger partial charge is 0.486 e. The van der Waals surface area contributed by atoms with E-state index in [-0.39, 0.29) is 52.9 Å². The first-order valence-electron chi connectivity index (χ1n) is 14.8. The summed E-state index contributed by atoms with van der Waals surface area (Å²) in [6, 6.07) is 13.0. The van der Waals surface area contributed by atoms with Crippen molar-refractivity contribution in [1.29, 1.82) is 0 Å². The van der Waals surface area contributed by atoms with E-state index in [2.05, 4.69) is 5.32 Å². The third kappa shape index (κ3) is 7.65. The average molecular weight is 679 g/mol. The molecule has 1 atom stereocenters. The molecule has 1 saturated carbocycles. The zero-order valence-electron chi connectivity index (χ0n) is 24.7. The summed E-state index contributed by atoms with van der Waals surface area (Å²) in [5, 5.41) is 3.68. The maximum atomic E-state index is 14.3. The van der Waals surface area contributed by atoms with E-state index < -0.39 is 34.3 Å². The van der Waals surface area contributed by atoms with E-state index in [1.54, 1.807) is 25.1 Å². The van der Waals surface area contributed by atoms with Crippen molar-refractivity contribution in [3.05, 3.63) is 82.1 Å². The number of fused-ring (bicyclic) bond motifs is 1. The minimum atomic E-state index is -4.40. The molecular formula is C32H34Cl2FN3O6S. The monoisotopic (exact) mass is 677 g/mol. The Labute approximate surface area is 272 Å². The number of nitrogens with one attached hydrogen (secondary N) is 1. The SMILES string of the molecule is CC[C@H](C(=O)NC1CCCC1)N(Cc1ccc(Cl)c(Cl)c1)C(=O)CN(c1ccc(F)cc1)S(=O)(=O)c1ccc2c(c1)OCCO2. The topological polar surface area (TPSA) is 105 Å². The molecule has 45 heavy (non-hydrogen) atoms. The number of hydrogen-bond acceptors (Lipinski definition) is 6. The maximum Gasteiger partial charge on any atom is 0.264 e. The van der Waals surface area contributed by atoms with Crippen LogP contribution in [0.1, 0.15) is 44.6 Å². The number of anilines is 1. The standard InChI is InChI=1S/C32H34Cl2FN3O6S/c1-2-28(32(40)36-23-5-3-4-6-23)37(19-21-7-13-26(33)27(34)17-21)31(39)20-38(24-10-8-22(35)9-11-24)45(41,42)25-12-14-29-30(18-25)44-16-15-43-29/h7-14,17-18,23,28H,2-6,15-16,19-20H2,1H3,(H,36,40)/t28-/m1/s1. The molecule has 0 saturated heterocycles. The van der Waals surface area contributed by atoms with Gasteiger partial charge in [-0.3, -0.25) is 13.9 Å². The van der Waals surface area contributed by atoms with Crippen LogP contribution in [0.2, 0.25) is 10.0 Å². The van der Waals surface area contributed by atoms with Crippen LogP contribution in [-0.4, -0.2) is 57.0 Å². The van der Waals surface area contributed by atoms with E-state index >= 15 is 0 Å². The number of sulfonamides is 1. The highest BCUT2D eigenvalue weighted by Crippen LogP contribution is 2.34. The second kappa shape index (κ2) is 14.3. The molecule has 0 unspecified atom stereocenters. The first kappa shape index (κ1) is 32.8. The molecule has 2 amide bonds. The van der Waals surface area contributed by atoms with Gasteiger partial charge in [-0.1, -0.05) is 49.0 Å². The second-order valence-corrected chi connectivity index (χ2v) is 13.7. The van der Waals surface area contributed by atoms with Crippen molar-refractivity contribution in [2.24, 2.45) is 0 Å². The number of benzene rings is 3. The molecule has 9 nitrogen and oxygen atoms in total. The van der Waals surface area contributed by atoms with Crippen LogP contribution in [0.4, 0.5) is 10.1 Å². The van der Waals surface area contributed by atoms with Gasteiger partial charge in [-0.25, -0.2) is 12.8 Å². The summed E-state index contributed by atoms with van der Waals surface area (Å²) in [5.41, 5.74) is 0.672. The molecule has 1 aliphatic carbocycles. The normalized spacial score (nSPS) is 15.4. The molecule has 1 heterocycles. The molecule has 0 bridgehead atoms. The number of halogens is 3. The lowest BCUT2D eigenvalue weighted by Gasteiger charge is -2.34. The van der Waals surface area contributed by atoms with Crippen LogP contribution >= 0.6 is 23.2 Å². The van der Waals surface area contributed by atoms with Gasteiger partial charge in [0.2, 0.25) is 11.8 Å². The molecule has 2 aliphatic rings. The Bertz CT molecular complexity index is 1650. The van der Waals surface area contributed by atoms with Crippen molar-refractivity contribution in [2.75, 3.05) is 24.1 Å². The van der Waals surface area contributed by atoms with Crippen molar-refractivity contribution in [3.8, 4) is 11.5 Å². The van der Waals surface area contributed by atoms with Crippen LogP contribution in [0.15, 0.2) is 65.6 Å². The Morgan fingerprint density at radius 3 is 2.31 bits per heavy atom. The lowest BCUT2D eigenvalue weighted by molar-refractivity contribution is -0.140. The molecule has 1 fully saturated rings. The predicted octanol–water partition coefficient (Wildman–Crippen LogP) is 5.97. The lowest BCUT2D eigenvalue weighted by atomic mass is 10.1. The molecule has 0 aromatic heterocycles. The number of rotatable bonds is 11. The maximum absolute atomic E-state index is 14.3. The highest BCUT2D eigenvalue weighted by molar-refractivity contribution is 7.92. The van der Waals surface area contributed by atoms with E-state index in [0.717, 1.165) is 42.1 Å². The fraction of sp³-hybridized carbons (Fsp3) is 0.375. The lowest BCUT2D eigenvalue weighted by Crippen LogP contribution is -2.53. The van der Waals surface area contributed by atoms with Gasteiger partial charge >= 0.3 is 0 Å². The number of amides is 2. The van der Waals surface area contributed by atoms with Gasteiger partial charge in [-0.2, -0.15) is 0 Å². The van der Waals surface area contributed by atoms with Gasteiger partial charge in [0.05, 0.1) is 20.6 Å². The minimum Gasteiger partial charge on any atom is -0.486 e. The van der Waals surface area contributed by atoms with Crippen LogP contribution in [-0.2, 0) is 26.2 Å². The Balaban J connectivity index is 1.51. The summed E-state index contributed by atoms with van der Waals surface area (Å²) in [5.74, 6) is -0.876. The van der Waals surface area contributed by atoms with Gasteiger partial charge in [-0.05, 0) is 73.4 Å². The van der Waals surface area contributed by atoms with E-state index in [1.807, 2.05) is 0 Å². The predicted molar refractivity (Wildman–Crippen MR) is 170 cm³/mol. The fourth-order valence-electron chi connectivity index (χ4n) is 5.57. The molecule has 1 N–H and O–H groups in total. The fourth-order valence-corrected chi connectivity index (χ4v) is 7.32. The zero-order valence-corrected chi connectivity index (χ0v) is 27.0. The van der Waals surface area contributed by atoms with E-state index in [9.17, 15) is 22.4 Å². The molecule has 3 aromatic carbocycles. The van der Waals surface area contributed by atoms with Gasteiger partial charge in [0, 0.05) is 18.7 Å². The van der Waals surface area contributed by atoms with Crippen LogP contribution in [0.3, 0.4) is 0 Å². The number of carbonyl (C=O) groups excluding carboxylic acids is 2. The first-order chi connectivity index (χ1) is 21.6. The third-order valence-electron chi connectivity index (χ3n) is 7.92. The Morgan fingerprint density at radius 2 is 1.64 bits per heavy atom. The third-order valence-corrected chi connectivity index (χ3v) is 10.4. The van der Waals surface area contributed by atoms with Crippen LogP contribution in [0, 0.1) is 5.82 Å². The second-order valence-electron chi connectivity index (χ2n) is 11.0. The first-order valence-corrected chi connectivity index (χ1v) is 17.0. The summed E-state index contributed by atoms with van der Waals surface area (Å²) < 4.78 is 54.3. The molecule has 1 aliphatic heterocycles. The van der Waals surface area contributed by atoms with Gasteiger partial charge < -0.3 is 19.7 Å². The number of nitrogens with zero attached hydrogens (tertiary/aromatic N) is 2. The van der Waals surface area contributed by atoms with Crippen molar-refractivity contribution < 1.29 is 31.9 Å². The summed E-state index contributed by atoms with van der Waals surface area (Å²) >= 11 is 12.4. The molecule has 240 valence electrons. The minimum absolute atomic E-state index is 0.0137. The molecule has 5 rings (SSSR count). The van der Waals surface area contributed by atoms with Gasteiger partial charge in [0.25, 0.3) is 10.0 Å². The highest BCUT2D eigenvalue weighted by atomic mass is 35.5. The average Bonchev–Trinajstić information content (AvgIpc) is 3.54. The molecule has 0 spiro atoms. The van der Waals surface area contributed by atoms with E-state index in [1.165, 1.54) is 35.2 Å². The number of carbonyl (C=O) groups is 2. The van der Waals surface area contributed by atoms with Crippen LogP contribution < -0.4 is 19.1 Å². The summed E-state index contributed by atoms with van der Waals surface area (Å²) in [7, 11) is -4.40. The van der Waals surface area contributed by atoms with Crippen LogP contribution in [0.5, 0.6) is 11.5 Å². The molecule has 0 radical (unpaired) electrons. The van der Waals surface area contributed by atoms with E-state index in [0.29, 0.717) is 22.9 Å². The van der Waals surface area contributed by atoms with Gasteiger partial charge in [-0.15, -0.1) is 0 Å². The quantitative estimate of drug-likeness (QED) is 0.268. The zero-order chi connectivity index (χ0) is 32.1. The Hall–Kier alpha value is -3.54. The smallest absolute Gasteiger partial charge is 0.264 e. The molecular weight excluding hydrogens is 644 g/mol. The van der Waals surface area contributed by atoms with Crippen molar-refractivity contribution in [3.63, 3.8) is 0 Å². The van der Waals surface area contributed by atoms with Gasteiger partial charge in [0.1, 0.15) is 31.6 Å². The Morgan fingerprint density at radius 1 is 0.956 bits per heavy atom. The van der Waals surface area contributed by atoms with E-state index in [4.69, 9.17) is 32.7 Å².